The van der Waals surface area contributed by atoms with Crippen LogP contribution in [0.4, 0.5) is 0 Å². The lowest BCUT2D eigenvalue weighted by Crippen LogP contribution is -2.33. The van der Waals surface area contributed by atoms with Crippen LogP contribution in [0.25, 0.3) is 6.08 Å². The summed E-state index contributed by atoms with van der Waals surface area (Å²) in [6.45, 7) is 1.81. The molecule has 0 saturated heterocycles. The number of halogens is 2. The van der Waals surface area contributed by atoms with E-state index < -0.39 is 0 Å². The maximum absolute atomic E-state index is 13.0. The second-order valence-corrected chi connectivity index (χ2v) is 8.79. The molecule has 0 bridgehead atoms. The topological polar surface area (TPSA) is 48.0 Å². The highest BCUT2D eigenvalue weighted by Crippen LogP contribution is 2.42. The van der Waals surface area contributed by atoms with Gasteiger partial charge in [0.15, 0.2) is 5.76 Å². The molecule has 3 aromatic carbocycles. The predicted molar refractivity (Wildman–Crippen MR) is 128 cm³/mol. The molecule has 0 spiro atoms. The lowest BCUT2D eigenvalue weighted by Gasteiger charge is -2.29. The van der Waals surface area contributed by atoms with Gasteiger partial charge in [0.1, 0.15) is 24.0 Å². The highest BCUT2D eigenvalue weighted by atomic mass is 35.5. The van der Waals surface area contributed by atoms with Crippen LogP contribution >= 0.6 is 23.2 Å². The van der Waals surface area contributed by atoms with Gasteiger partial charge in [-0.25, -0.2) is 0 Å². The number of carbonyl (C=O) groups excluding carboxylic acids is 1. The molecule has 0 N–H and O–H groups in total. The Kier molecular flexibility index (Phi) is 6.02. The summed E-state index contributed by atoms with van der Waals surface area (Å²) in [4.78, 5) is 15.2. The fourth-order valence-electron chi connectivity index (χ4n) is 4.03. The number of ketones is 1. The molecule has 2 heterocycles. The summed E-state index contributed by atoms with van der Waals surface area (Å²) >= 11 is 12.3. The van der Waals surface area contributed by atoms with E-state index in [4.69, 9.17) is 37.4 Å². The zero-order chi connectivity index (χ0) is 22.9. The van der Waals surface area contributed by atoms with Crippen molar-refractivity contribution in [3.05, 3.63) is 92.7 Å². The third-order valence-electron chi connectivity index (χ3n) is 5.79. The highest BCUT2D eigenvalue weighted by Gasteiger charge is 2.33. The van der Waals surface area contributed by atoms with E-state index in [2.05, 4.69) is 4.90 Å². The molecular formula is C26H21Cl2NO4. The monoisotopic (exact) mass is 481 g/mol. The number of rotatable bonds is 5. The fourth-order valence-corrected chi connectivity index (χ4v) is 4.54. The predicted octanol–water partition coefficient (Wildman–Crippen LogP) is 6.01. The minimum atomic E-state index is -0.138. The van der Waals surface area contributed by atoms with Gasteiger partial charge in [0, 0.05) is 23.1 Å². The molecule has 5 nitrogen and oxygen atoms in total. The first-order valence-corrected chi connectivity index (χ1v) is 11.3. The number of methoxy groups -OCH3 is 1. The number of fused-ring (bicyclic) bond motifs is 3. The van der Waals surface area contributed by atoms with Crippen LogP contribution in [0.2, 0.25) is 10.0 Å². The highest BCUT2D eigenvalue weighted by molar-refractivity contribution is 6.35. The standard InChI is InChI=1S/C26H21Cl2NO4/c1-31-19-4-2-3-16(11-19)12-24-25(30)20-7-8-23-21(26(20)33-24)14-29(15-32-23)10-9-17-5-6-18(27)13-22(17)28/h2-8,11-13H,9-10,14-15H2,1H3/b24-12-. The van der Waals surface area contributed by atoms with Crippen LogP contribution in [-0.4, -0.2) is 31.1 Å². The van der Waals surface area contributed by atoms with Crippen LogP contribution < -0.4 is 14.2 Å². The number of carbonyl (C=O) groups is 1. The summed E-state index contributed by atoms with van der Waals surface area (Å²) in [7, 11) is 1.61. The fraction of sp³-hybridized carbons (Fsp3) is 0.192. The Morgan fingerprint density at radius 3 is 2.82 bits per heavy atom. The van der Waals surface area contributed by atoms with Crippen molar-refractivity contribution < 1.29 is 19.0 Å². The van der Waals surface area contributed by atoms with Gasteiger partial charge in [-0.3, -0.25) is 9.69 Å². The molecule has 0 amide bonds. The number of benzene rings is 3. The Hall–Kier alpha value is -2.99. The van der Waals surface area contributed by atoms with Crippen LogP contribution in [0.3, 0.4) is 0 Å². The zero-order valence-corrected chi connectivity index (χ0v) is 19.4. The molecule has 0 saturated carbocycles. The van der Waals surface area contributed by atoms with Crippen molar-refractivity contribution in [2.75, 3.05) is 20.4 Å². The Balaban J connectivity index is 1.35. The van der Waals surface area contributed by atoms with Crippen LogP contribution in [0.5, 0.6) is 17.2 Å². The maximum atomic E-state index is 13.0. The molecular weight excluding hydrogens is 461 g/mol. The van der Waals surface area contributed by atoms with Crippen molar-refractivity contribution in [2.45, 2.75) is 13.0 Å². The molecule has 33 heavy (non-hydrogen) atoms. The Labute approximate surface area is 202 Å². The van der Waals surface area contributed by atoms with Crippen LogP contribution in [0.1, 0.15) is 27.0 Å². The molecule has 5 rings (SSSR count). The van der Waals surface area contributed by atoms with Gasteiger partial charge >= 0.3 is 0 Å². The average molecular weight is 482 g/mol. The van der Waals surface area contributed by atoms with Crippen LogP contribution in [0, 0.1) is 0 Å². The van der Waals surface area contributed by atoms with Crippen molar-refractivity contribution in [1.82, 2.24) is 4.90 Å². The number of hydrogen-bond acceptors (Lipinski definition) is 5. The van der Waals surface area contributed by atoms with Gasteiger partial charge in [-0.1, -0.05) is 41.4 Å². The lowest BCUT2D eigenvalue weighted by atomic mass is 10.0. The molecule has 0 aromatic heterocycles. The molecule has 0 atom stereocenters. The first-order valence-electron chi connectivity index (χ1n) is 10.5. The number of Topliss-reactive ketones (excluding diaryl/α,β-unsaturated/α-hetero) is 1. The molecule has 168 valence electrons. The van der Waals surface area contributed by atoms with Crippen molar-refractivity contribution in [3.63, 3.8) is 0 Å². The van der Waals surface area contributed by atoms with Gasteiger partial charge in [0.2, 0.25) is 5.78 Å². The number of nitrogens with zero attached hydrogens (tertiary/aromatic N) is 1. The Bertz CT molecular complexity index is 1270. The third-order valence-corrected chi connectivity index (χ3v) is 6.37. The van der Waals surface area contributed by atoms with E-state index in [9.17, 15) is 4.79 Å². The van der Waals surface area contributed by atoms with Gasteiger partial charge < -0.3 is 14.2 Å². The van der Waals surface area contributed by atoms with E-state index in [-0.39, 0.29) is 11.5 Å². The van der Waals surface area contributed by atoms with Gasteiger partial charge in [0.05, 0.1) is 18.2 Å². The summed E-state index contributed by atoms with van der Waals surface area (Å²) in [5.74, 6) is 2.18. The van der Waals surface area contributed by atoms with E-state index in [1.807, 2.05) is 42.5 Å². The molecule has 3 aromatic rings. The molecule has 0 aliphatic carbocycles. The lowest BCUT2D eigenvalue weighted by molar-refractivity contribution is 0.0950. The molecule has 2 aliphatic rings. The summed E-state index contributed by atoms with van der Waals surface area (Å²) in [6.07, 6.45) is 2.49. The zero-order valence-electron chi connectivity index (χ0n) is 17.9. The number of allylic oxidation sites excluding steroid dienone is 1. The molecule has 7 heteroatoms. The second kappa shape index (κ2) is 9.10. The quantitative estimate of drug-likeness (QED) is 0.417. The van der Waals surface area contributed by atoms with E-state index in [1.165, 1.54) is 0 Å². The first kappa shape index (κ1) is 21.8. The van der Waals surface area contributed by atoms with Gasteiger partial charge in [0.25, 0.3) is 0 Å². The average Bonchev–Trinajstić information content (AvgIpc) is 3.14. The first-order chi connectivity index (χ1) is 16.0. The van der Waals surface area contributed by atoms with Crippen molar-refractivity contribution in [2.24, 2.45) is 0 Å². The van der Waals surface area contributed by atoms with E-state index in [1.54, 1.807) is 25.3 Å². The summed E-state index contributed by atoms with van der Waals surface area (Å²) in [5.41, 5.74) is 3.29. The van der Waals surface area contributed by atoms with Crippen molar-refractivity contribution >= 4 is 35.1 Å². The van der Waals surface area contributed by atoms with E-state index in [0.717, 1.165) is 41.2 Å². The Morgan fingerprint density at radius 2 is 2.00 bits per heavy atom. The van der Waals surface area contributed by atoms with Gasteiger partial charge in [-0.2, -0.15) is 0 Å². The molecule has 0 radical (unpaired) electrons. The Morgan fingerprint density at radius 1 is 1.12 bits per heavy atom. The second-order valence-electron chi connectivity index (χ2n) is 7.95. The van der Waals surface area contributed by atoms with Crippen molar-refractivity contribution in [1.29, 1.82) is 0 Å². The largest absolute Gasteiger partial charge is 0.497 e. The van der Waals surface area contributed by atoms with E-state index in [0.29, 0.717) is 34.6 Å². The minimum Gasteiger partial charge on any atom is -0.497 e. The van der Waals surface area contributed by atoms with E-state index >= 15 is 0 Å². The van der Waals surface area contributed by atoms with Gasteiger partial charge in [-0.15, -0.1) is 0 Å². The minimum absolute atomic E-state index is 0.138. The maximum Gasteiger partial charge on any atom is 0.231 e. The summed E-state index contributed by atoms with van der Waals surface area (Å²) in [5, 5.41) is 1.28. The number of hydrogen-bond donors (Lipinski definition) is 0. The summed E-state index contributed by atoms with van der Waals surface area (Å²) < 4.78 is 17.3. The smallest absolute Gasteiger partial charge is 0.231 e. The van der Waals surface area contributed by atoms with Crippen LogP contribution in [0.15, 0.2) is 60.4 Å². The molecule has 0 unspecified atom stereocenters. The normalized spacial score (nSPS) is 16.2. The third kappa shape index (κ3) is 4.44. The summed E-state index contributed by atoms with van der Waals surface area (Å²) in [6, 6.07) is 16.6. The molecule has 2 aliphatic heterocycles. The van der Waals surface area contributed by atoms with Gasteiger partial charge in [-0.05, 0) is 60.0 Å². The molecule has 0 fully saturated rings. The SMILES string of the molecule is COc1cccc(/C=C2\Oc3c(ccc4c3CN(CCc3ccc(Cl)cc3Cl)CO4)C2=O)c1. The van der Waals surface area contributed by atoms with Crippen molar-refractivity contribution in [3.8, 4) is 17.2 Å². The number of ether oxygens (including phenoxy) is 3. The van der Waals surface area contributed by atoms with Crippen LogP contribution in [-0.2, 0) is 13.0 Å².